The minimum atomic E-state index is -0.595. The zero-order valence-corrected chi connectivity index (χ0v) is 13.1. The van der Waals surface area contributed by atoms with Crippen LogP contribution in [-0.2, 0) is 16.1 Å². The predicted molar refractivity (Wildman–Crippen MR) is 86.0 cm³/mol. The van der Waals surface area contributed by atoms with Crippen LogP contribution in [0.4, 0.5) is 5.69 Å². The Morgan fingerprint density at radius 2 is 1.88 bits per heavy atom. The molecule has 0 saturated heterocycles. The first-order valence-electron chi connectivity index (χ1n) is 7.33. The Balaban J connectivity index is 2.08. The third kappa shape index (κ3) is 4.98. The van der Waals surface area contributed by atoms with Gasteiger partial charge in [-0.3, -0.25) is 10.1 Å². The monoisotopic (exact) mass is 331 g/mol. The van der Waals surface area contributed by atoms with Crippen molar-refractivity contribution >= 4 is 11.7 Å². The number of carbonyl (C=O) groups excluding carboxylic acids is 1. The lowest BCUT2D eigenvalue weighted by Gasteiger charge is -2.10. The van der Waals surface area contributed by atoms with Gasteiger partial charge >= 0.3 is 11.7 Å². The van der Waals surface area contributed by atoms with Crippen LogP contribution in [0.5, 0.6) is 11.5 Å². The van der Waals surface area contributed by atoms with E-state index in [2.05, 4.69) is 0 Å². The van der Waals surface area contributed by atoms with Gasteiger partial charge in [-0.2, -0.15) is 0 Å². The van der Waals surface area contributed by atoms with E-state index in [1.165, 1.54) is 18.2 Å². The molecule has 0 aliphatic heterocycles. The van der Waals surface area contributed by atoms with E-state index in [-0.39, 0.29) is 18.0 Å². The molecule has 0 bridgehead atoms. The van der Waals surface area contributed by atoms with Crippen LogP contribution in [0.1, 0.15) is 12.5 Å². The van der Waals surface area contributed by atoms with Gasteiger partial charge in [0.25, 0.3) is 0 Å². The van der Waals surface area contributed by atoms with Crippen molar-refractivity contribution in [2.45, 2.75) is 13.5 Å². The highest BCUT2D eigenvalue weighted by Crippen LogP contribution is 2.31. The van der Waals surface area contributed by atoms with Crippen molar-refractivity contribution in [3.63, 3.8) is 0 Å². The summed E-state index contributed by atoms with van der Waals surface area (Å²) in [5.74, 6) is -0.232. The van der Waals surface area contributed by atoms with Gasteiger partial charge in [-0.05, 0) is 18.6 Å². The van der Waals surface area contributed by atoms with Gasteiger partial charge in [-0.15, -0.1) is 0 Å². The number of hydrogen-bond acceptors (Lipinski definition) is 6. The van der Waals surface area contributed by atoms with E-state index in [4.69, 9.17) is 14.2 Å². The fourth-order valence-electron chi connectivity index (χ4n) is 1.93. The Hall–Kier alpha value is -3.09. The Morgan fingerprint density at radius 3 is 2.54 bits per heavy atom. The van der Waals surface area contributed by atoms with E-state index in [1.54, 1.807) is 6.92 Å². The highest BCUT2D eigenvalue weighted by Gasteiger charge is 2.17. The number of esters is 1. The molecule has 0 amide bonds. The van der Waals surface area contributed by atoms with Gasteiger partial charge in [-0.25, -0.2) is 4.79 Å². The van der Waals surface area contributed by atoms with Gasteiger partial charge in [0.15, 0.2) is 6.61 Å². The number of ether oxygens (including phenoxy) is 3. The van der Waals surface area contributed by atoms with Gasteiger partial charge in [0.05, 0.1) is 11.5 Å². The van der Waals surface area contributed by atoms with E-state index < -0.39 is 17.5 Å². The zero-order valence-electron chi connectivity index (χ0n) is 13.1. The third-order valence-corrected chi connectivity index (χ3v) is 3.03. The first kappa shape index (κ1) is 17.3. The third-order valence-electron chi connectivity index (χ3n) is 3.03. The molecule has 0 radical (unpaired) electrons. The van der Waals surface area contributed by atoms with Gasteiger partial charge in [0.1, 0.15) is 12.4 Å². The molecule has 0 saturated carbocycles. The molecule has 126 valence electrons. The van der Waals surface area contributed by atoms with Crippen molar-refractivity contribution in [3.8, 4) is 11.5 Å². The van der Waals surface area contributed by atoms with Gasteiger partial charge in [-0.1, -0.05) is 30.3 Å². The average molecular weight is 331 g/mol. The average Bonchev–Trinajstić information content (AvgIpc) is 2.59. The molecule has 0 unspecified atom stereocenters. The van der Waals surface area contributed by atoms with Crippen LogP contribution in [0.3, 0.4) is 0 Å². The first-order valence-corrected chi connectivity index (χ1v) is 7.33. The van der Waals surface area contributed by atoms with Gasteiger partial charge in [0, 0.05) is 12.1 Å². The molecule has 7 nitrogen and oxygen atoms in total. The molecule has 0 heterocycles. The molecule has 0 atom stereocenters. The summed E-state index contributed by atoms with van der Waals surface area (Å²) >= 11 is 0. The Labute approximate surface area is 138 Å². The molecule has 0 N–H and O–H groups in total. The normalized spacial score (nSPS) is 10.0. The van der Waals surface area contributed by atoms with Crippen LogP contribution in [0.2, 0.25) is 0 Å². The van der Waals surface area contributed by atoms with Gasteiger partial charge < -0.3 is 14.2 Å². The number of nitro benzene ring substituents is 1. The van der Waals surface area contributed by atoms with E-state index in [1.807, 2.05) is 30.3 Å². The molecule has 0 aliphatic carbocycles. The lowest BCUT2D eigenvalue weighted by atomic mass is 10.2. The first-order chi connectivity index (χ1) is 11.6. The van der Waals surface area contributed by atoms with Crippen molar-refractivity contribution in [1.29, 1.82) is 0 Å². The van der Waals surface area contributed by atoms with E-state index in [0.29, 0.717) is 12.4 Å². The predicted octanol–water partition coefficient (Wildman–Crippen LogP) is 3.12. The Kier molecular flexibility index (Phi) is 6.13. The molecule has 2 rings (SSSR count). The van der Waals surface area contributed by atoms with E-state index in [9.17, 15) is 14.9 Å². The minimum absolute atomic E-state index is 0.0429. The van der Waals surface area contributed by atoms with Crippen molar-refractivity contribution in [2.75, 3.05) is 13.2 Å². The molecule has 2 aromatic rings. The standard InChI is InChI=1S/C17H17NO6/c1-2-22-17(19)12-24-16-10-14(8-9-15(16)18(20)21)23-11-13-6-4-3-5-7-13/h3-10H,2,11-12H2,1H3. The largest absolute Gasteiger partial charge is 0.489 e. The summed E-state index contributed by atoms with van der Waals surface area (Å²) in [6.07, 6.45) is 0. The van der Waals surface area contributed by atoms with E-state index >= 15 is 0 Å². The van der Waals surface area contributed by atoms with Crippen molar-refractivity contribution in [1.82, 2.24) is 0 Å². The minimum Gasteiger partial charge on any atom is -0.489 e. The van der Waals surface area contributed by atoms with Crippen LogP contribution in [-0.4, -0.2) is 24.1 Å². The molecule has 2 aromatic carbocycles. The van der Waals surface area contributed by atoms with E-state index in [0.717, 1.165) is 5.56 Å². The van der Waals surface area contributed by atoms with Crippen LogP contribution < -0.4 is 9.47 Å². The second kappa shape index (κ2) is 8.52. The highest BCUT2D eigenvalue weighted by molar-refractivity contribution is 5.71. The topological polar surface area (TPSA) is 87.9 Å². The molecule has 0 aromatic heterocycles. The van der Waals surface area contributed by atoms with Crippen molar-refractivity contribution < 1.29 is 23.9 Å². The molecular weight excluding hydrogens is 314 g/mol. The van der Waals surface area contributed by atoms with Crippen LogP contribution in [0, 0.1) is 10.1 Å². The zero-order chi connectivity index (χ0) is 17.4. The summed E-state index contributed by atoms with van der Waals surface area (Å²) in [6.45, 7) is 1.79. The molecule has 7 heteroatoms. The quantitative estimate of drug-likeness (QED) is 0.419. The number of benzene rings is 2. The molecular formula is C17H17NO6. The fourth-order valence-corrected chi connectivity index (χ4v) is 1.93. The summed E-state index contributed by atoms with van der Waals surface area (Å²) in [4.78, 5) is 21.8. The molecule has 24 heavy (non-hydrogen) atoms. The maximum Gasteiger partial charge on any atom is 0.344 e. The maximum absolute atomic E-state index is 11.3. The van der Waals surface area contributed by atoms with Crippen LogP contribution in [0.15, 0.2) is 48.5 Å². The number of rotatable bonds is 8. The summed E-state index contributed by atoms with van der Waals surface area (Å²) in [6, 6.07) is 13.6. The summed E-state index contributed by atoms with van der Waals surface area (Å²) < 4.78 is 15.5. The summed E-state index contributed by atoms with van der Waals surface area (Å²) in [5.41, 5.74) is 0.719. The number of nitrogens with zero attached hydrogens (tertiary/aromatic N) is 1. The van der Waals surface area contributed by atoms with Crippen LogP contribution >= 0.6 is 0 Å². The van der Waals surface area contributed by atoms with Crippen molar-refractivity contribution in [3.05, 3.63) is 64.2 Å². The lowest BCUT2D eigenvalue weighted by Crippen LogP contribution is -2.15. The lowest BCUT2D eigenvalue weighted by molar-refractivity contribution is -0.385. The molecule has 0 aliphatic rings. The molecule has 0 fully saturated rings. The van der Waals surface area contributed by atoms with Crippen LogP contribution in [0.25, 0.3) is 0 Å². The molecule has 0 spiro atoms. The van der Waals surface area contributed by atoms with Gasteiger partial charge in [0.2, 0.25) is 5.75 Å². The summed E-state index contributed by atoms with van der Waals surface area (Å²) in [5, 5.41) is 11.1. The Bertz CT molecular complexity index is 701. The second-order valence-electron chi connectivity index (χ2n) is 4.75. The number of nitro groups is 1. The second-order valence-corrected chi connectivity index (χ2v) is 4.75. The van der Waals surface area contributed by atoms with Crippen molar-refractivity contribution in [2.24, 2.45) is 0 Å². The highest BCUT2D eigenvalue weighted by atomic mass is 16.6. The fraction of sp³-hybridized carbons (Fsp3) is 0.235. The Morgan fingerprint density at radius 1 is 1.12 bits per heavy atom. The smallest absolute Gasteiger partial charge is 0.344 e. The SMILES string of the molecule is CCOC(=O)COc1cc(OCc2ccccc2)ccc1[N+](=O)[O-]. The number of hydrogen-bond donors (Lipinski definition) is 0. The summed E-state index contributed by atoms with van der Waals surface area (Å²) in [7, 11) is 0. The number of carbonyl (C=O) groups is 1. The maximum atomic E-state index is 11.3.